The Hall–Kier alpha value is -1.91. The van der Waals surface area contributed by atoms with Crippen molar-refractivity contribution in [3.63, 3.8) is 0 Å². The number of amides is 2. The molecule has 2 N–H and O–H groups in total. The van der Waals surface area contributed by atoms with Crippen LogP contribution < -0.4 is 10.6 Å². The van der Waals surface area contributed by atoms with Gasteiger partial charge in [-0.3, -0.25) is 14.6 Å². The Morgan fingerprint density at radius 3 is 2.17 bits per heavy atom. The van der Waals surface area contributed by atoms with E-state index in [1.165, 1.54) is 6.21 Å². The summed E-state index contributed by atoms with van der Waals surface area (Å²) in [6.07, 6.45) is 1.54. The first-order valence-electron chi connectivity index (χ1n) is 5.76. The van der Waals surface area contributed by atoms with Gasteiger partial charge in [0.25, 0.3) is 5.91 Å². The fourth-order valence-electron chi connectivity index (χ4n) is 1.06. The molecule has 0 aromatic heterocycles. The van der Waals surface area contributed by atoms with Crippen LogP contribution in [-0.4, -0.2) is 18.0 Å². The van der Waals surface area contributed by atoms with Crippen molar-refractivity contribution < 1.29 is 9.59 Å². The normalized spacial score (nSPS) is 10.3. The minimum absolute atomic E-state index is 0.156. The summed E-state index contributed by atoms with van der Waals surface area (Å²) in [5.74, 6) is -0.598. The maximum atomic E-state index is 11.8. The number of allylic oxidation sites excluding steroid dienone is 1. The number of carbonyl (C=O) groups is 2. The zero-order valence-electron chi connectivity index (χ0n) is 11.6. The molecule has 0 aromatic rings. The van der Waals surface area contributed by atoms with Gasteiger partial charge in [-0.1, -0.05) is 20.4 Å². The molecule has 2 amide bonds. The van der Waals surface area contributed by atoms with Gasteiger partial charge >= 0.3 is 0 Å². The van der Waals surface area contributed by atoms with Gasteiger partial charge in [0.05, 0.1) is 0 Å². The van der Waals surface area contributed by atoms with E-state index < -0.39 is 0 Å². The number of hydrogen-bond acceptors (Lipinski definition) is 3. The van der Waals surface area contributed by atoms with Crippen LogP contribution in [0.3, 0.4) is 0 Å². The zero-order chi connectivity index (χ0) is 14.3. The summed E-state index contributed by atoms with van der Waals surface area (Å²) >= 11 is 0. The Balaban J connectivity index is 4.62. The summed E-state index contributed by atoms with van der Waals surface area (Å²) in [5, 5.41) is 5.00. The molecular formula is C13H21N3O2. The molecule has 0 spiro atoms. The van der Waals surface area contributed by atoms with Crippen LogP contribution in [0.2, 0.25) is 0 Å². The smallest absolute Gasteiger partial charge is 0.275 e. The van der Waals surface area contributed by atoms with E-state index in [1.54, 1.807) is 34.6 Å². The maximum absolute atomic E-state index is 11.8. The van der Waals surface area contributed by atoms with Gasteiger partial charge in [-0.2, -0.15) is 0 Å². The van der Waals surface area contributed by atoms with Crippen LogP contribution in [0, 0.1) is 5.92 Å². The van der Waals surface area contributed by atoms with Gasteiger partial charge in [-0.25, -0.2) is 0 Å². The SMILES string of the molecule is C=C(NC(=O)C(/N=C\C)=C(C)C)NC(=O)C(C)C. The molecule has 5 nitrogen and oxygen atoms in total. The highest BCUT2D eigenvalue weighted by Crippen LogP contribution is 2.05. The second-order valence-electron chi connectivity index (χ2n) is 4.31. The van der Waals surface area contributed by atoms with Crippen molar-refractivity contribution in [3.8, 4) is 0 Å². The third-order valence-electron chi connectivity index (χ3n) is 2.01. The Kier molecular flexibility index (Phi) is 6.63. The van der Waals surface area contributed by atoms with Crippen LogP contribution in [0.4, 0.5) is 0 Å². The average Bonchev–Trinajstić information content (AvgIpc) is 2.24. The Morgan fingerprint density at radius 1 is 1.22 bits per heavy atom. The number of nitrogens with zero attached hydrogens (tertiary/aromatic N) is 1. The standard InChI is InChI=1S/C13H21N3O2/c1-7-14-11(8(2)3)13(18)16-10(6)15-12(17)9(4)5/h7,9H,6H2,1-5H3,(H,15,17)(H,16,18)/b14-7-. The second kappa shape index (κ2) is 7.42. The molecule has 0 saturated carbocycles. The predicted octanol–water partition coefficient (Wildman–Crippen LogP) is 1.73. The summed E-state index contributed by atoms with van der Waals surface area (Å²) in [5.41, 5.74) is 1.10. The lowest BCUT2D eigenvalue weighted by molar-refractivity contribution is -0.123. The number of carbonyl (C=O) groups excluding carboxylic acids is 2. The van der Waals surface area contributed by atoms with Crippen LogP contribution in [0.15, 0.2) is 28.7 Å². The fraction of sp³-hybridized carbons (Fsp3) is 0.462. The maximum Gasteiger partial charge on any atom is 0.275 e. The topological polar surface area (TPSA) is 70.6 Å². The van der Waals surface area contributed by atoms with E-state index >= 15 is 0 Å². The Bertz CT molecular complexity index is 402. The summed E-state index contributed by atoms with van der Waals surface area (Å²) < 4.78 is 0. The summed E-state index contributed by atoms with van der Waals surface area (Å²) in [6, 6.07) is 0. The van der Waals surface area contributed by atoms with Gasteiger partial charge < -0.3 is 10.6 Å². The van der Waals surface area contributed by atoms with Gasteiger partial charge in [0.1, 0.15) is 11.5 Å². The molecule has 100 valence electrons. The molecule has 0 aliphatic carbocycles. The first kappa shape index (κ1) is 16.1. The molecule has 0 heterocycles. The van der Waals surface area contributed by atoms with Crippen molar-refractivity contribution in [3.05, 3.63) is 23.7 Å². The third-order valence-corrected chi connectivity index (χ3v) is 2.01. The van der Waals surface area contributed by atoms with Crippen molar-refractivity contribution >= 4 is 18.0 Å². The van der Waals surface area contributed by atoms with E-state index in [9.17, 15) is 9.59 Å². The summed E-state index contributed by atoms with van der Waals surface area (Å²) in [6.45, 7) is 12.4. The summed E-state index contributed by atoms with van der Waals surface area (Å²) in [4.78, 5) is 27.2. The molecule has 0 fully saturated rings. The van der Waals surface area contributed by atoms with Crippen molar-refractivity contribution in [2.45, 2.75) is 34.6 Å². The Morgan fingerprint density at radius 2 is 1.78 bits per heavy atom. The lowest BCUT2D eigenvalue weighted by Crippen LogP contribution is -2.36. The van der Waals surface area contributed by atoms with E-state index in [0.29, 0.717) is 5.70 Å². The highest BCUT2D eigenvalue weighted by atomic mass is 16.2. The molecular weight excluding hydrogens is 230 g/mol. The van der Waals surface area contributed by atoms with Crippen LogP contribution in [0.25, 0.3) is 0 Å². The van der Waals surface area contributed by atoms with Gasteiger partial charge in [-0.15, -0.1) is 0 Å². The van der Waals surface area contributed by atoms with Crippen molar-refractivity contribution in [2.24, 2.45) is 10.9 Å². The van der Waals surface area contributed by atoms with E-state index in [4.69, 9.17) is 0 Å². The molecule has 0 radical (unpaired) electrons. The first-order valence-corrected chi connectivity index (χ1v) is 5.76. The molecule has 0 aliphatic heterocycles. The molecule has 0 rings (SSSR count). The van der Waals surface area contributed by atoms with E-state index in [-0.39, 0.29) is 23.6 Å². The van der Waals surface area contributed by atoms with E-state index in [2.05, 4.69) is 22.2 Å². The molecule has 0 atom stereocenters. The zero-order valence-corrected chi connectivity index (χ0v) is 11.6. The number of hydrogen-bond donors (Lipinski definition) is 2. The molecule has 0 aromatic carbocycles. The van der Waals surface area contributed by atoms with E-state index in [1.807, 2.05) is 0 Å². The average molecular weight is 251 g/mol. The minimum atomic E-state index is -0.387. The monoisotopic (exact) mass is 251 g/mol. The quantitative estimate of drug-likeness (QED) is 0.577. The number of rotatable bonds is 5. The minimum Gasteiger partial charge on any atom is -0.312 e. The van der Waals surface area contributed by atoms with Crippen LogP contribution in [0.1, 0.15) is 34.6 Å². The molecule has 18 heavy (non-hydrogen) atoms. The van der Waals surface area contributed by atoms with Crippen molar-refractivity contribution in [1.82, 2.24) is 10.6 Å². The van der Waals surface area contributed by atoms with Crippen molar-refractivity contribution in [1.29, 1.82) is 0 Å². The summed E-state index contributed by atoms with van der Waals surface area (Å²) in [7, 11) is 0. The van der Waals surface area contributed by atoms with Gasteiger partial charge in [0.2, 0.25) is 5.91 Å². The molecule has 0 aliphatic rings. The van der Waals surface area contributed by atoms with E-state index in [0.717, 1.165) is 5.57 Å². The van der Waals surface area contributed by atoms with Crippen molar-refractivity contribution in [2.75, 3.05) is 0 Å². The second-order valence-corrected chi connectivity index (χ2v) is 4.31. The molecule has 0 saturated heterocycles. The third kappa shape index (κ3) is 5.43. The predicted molar refractivity (Wildman–Crippen MR) is 72.8 cm³/mol. The largest absolute Gasteiger partial charge is 0.312 e. The number of aliphatic imine (C=N–C) groups is 1. The Labute approximate surface area is 108 Å². The molecule has 0 unspecified atom stereocenters. The molecule has 0 bridgehead atoms. The van der Waals surface area contributed by atoms with Crippen LogP contribution in [-0.2, 0) is 9.59 Å². The van der Waals surface area contributed by atoms with Crippen LogP contribution in [0.5, 0.6) is 0 Å². The fourth-order valence-corrected chi connectivity index (χ4v) is 1.06. The molecule has 5 heteroatoms. The lowest BCUT2D eigenvalue weighted by atomic mass is 10.2. The van der Waals surface area contributed by atoms with Gasteiger partial charge in [0.15, 0.2) is 0 Å². The highest BCUT2D eigenvalue weighted by Gasteiger charge is 2.13. The number of nitrogens with one attached hydrogen (secondary N) is 2. The van der Waals surface area contributed by atoms with Gasteiger partial charge in [-0.05, 0) is 26.3 Å². The highest BCUT2D eigenvalue weighted by molar-refractivity contribution is 5.96. The van der Waals surface area contributed by atoms with Crippen LogP contribution >= 0.6 is 0 Å². The lowest BCUT2D eigenvalue weighted by Gasteiger charge is -2.12. The van der Waals surface area contributed by atoms with Gasteiger partial charge in [0, 0.05) is 12.1 Å². The first-order chi connectivity index (χ1) is 8.29.